The topological polar surface area (TPSA) is 63.4 Å². The Morgan fingerprint density at radius 3 is 2.70 bits per heavy atom. The number of carbonyl (C=O) groups excluding carboxylic acids is 2. The second-order valence-electron chi connectivity index (χ2n) is 2.39. The predicted molar refractivity (Wildman–Crippen MR) is 35.0 cm³/mol. The average molecular weight is 141 g/mol. The Kier molecular flexibility index (Phi) is 1.89. The molecular weight excluding hydrogens is 132 g/mol. The van der Waals surface area contributed by atoms with Gasteiger partial charge in [0.05, 0.1) is 0 Å². The number of carbonyl (C=O) groups is 1. The first-order valence-corrected chi connectivity index (χ1v) is 3.16. The number of rotatable bonds is 1. The Morgan fingerprint density at radius 2 is 2.40 bits per heavy atom. The van der Waals surface area contributed by atoms with Gasteiger partial charge >= 0.3 is 6.03 Å². The summed E-state index contributed by atoms with van der Waals surface area (Å²) in [7, 11) is 0. The molecule has 10 heavy (non-hydrogen) atoms. The highest BCUT2D eigenvalue weighted by Gasteiger charge is 2.24. The van der Waals surface area contributed by atoms with Crippen LogP contribution in [-0.2, 0) is 4.79 Å². The summed E-state index contributed by atoms with van der Waals surface area (Å²) in [5.74, 6) is -0.118. The first-order valence-electron chi connectivity index (χ1n) is 3.16. The van der Waals surface area contributed by atoms with Crippen LogP contribution in [0.5, 0.6) is 0 Å². The lowest BCUT2D eigenvalue weighted by Crippen LogP contribution is -2.33. The molecule has 2 N–H and O–H groups in total. The quantitative estimate of drug-likeness (QED) is 0.535. The molecule has 1 unspecified atom stereocenters. The molecule has 4 nitrogen and oxygen atoms in total. The van der Waals surface area contributed by atoms with Crippen molar-refractivity contribution in [2.75, 3.05) is 13.1 Å². The Morgan fingerprint density at radius 1 is 1.70 bits per heavy atom. The van der Waals surface area contributed by atoms with Crippen molar-refractivity contribution in [1.29, 1.82) is 0 Å². The molecule has 1 heterocycles. The summed E-state index contributed by atoms with van der Waals surface area (Å²) in [5, 5.41) is 0. The first kappa shape index (κ1) is 7.05. The molecule has 1 aliphatic heterocycles. The highest BCUT2D eigenvalue weighted by atomic mass is 16.2. The third kappa shape index (κ3) is 1.26. The molecule has 55 valence electrons. The van der Waals surface area contributed by atoms with Gasteiger partial charge in [0.25, 0.3) is 0 Å². The number of urea groups is 1. The zero-order chi connectivity index (χ0) is 7.56. The van der Waals surface area contributed by atoms with Crippen molar-refractivity contribution in [1.82, 2.24) is 4.90 Å². The molecule has 1 atom stereocenters. The number of amides is 2. The van der Waals surface area contributed by atoms with Gasteiger partial charge in [0, 0.05) is 19.0 Å². The summed E-state index contributed by atoms with van der Waals surface area (Å²) in [4.78, 5) is 22.0. The van der Waals surface area contributed by atoms with Crippen molar-refractivity contribution in [2.24, 2.45) is 11.7 Å². The number of primary amides is 1. The molecule has 1 aliphatic rings. The summed E-state index contributed by atoms with van der Waals surface area (Å²) < 4.78 is 0. The van der Waals surface area contributed by atoms with Crippen LogP contribution in [0.3, 0.4) is 0 Å². The largest absolute Gasteiger partial charge is 0.351 e. The predicted octanol–water partition coefficient (Wildman–Crippen LogP) is -0.503. The number of hydrogen-bond donors (Lipinski definition) is 1. The molecule has 0 aromatic rings. The zero-order valence-corrected chi connectivity index (χ0v) is 5.54. The standard InChI is InChI=1S/C6H9N2O2/c7-6(10)8-2-1-5(3-8)4-9/h5H,1-3H2,(H2,7,10). The van der Waals surface area contributed by atoms with Crippen LogP contribution in [0.25, 0.3) is 0 Å². The zero-order valence-electron chi connectivity index (χ0n) is 5.54. The van der Waals surface area contributed by atoms with Crippen LogP contribution in [0.4, 0.5) is 4.79 Å². The maximum Gasteiger partial charge on any atom is 0.314 e. The lowest BCUT2D eigenvalue weighted by Gasteiger charge is -2.10. The maximum atomic E-state index is 10.5. The summed E-state index contributed by atoms with van der Waals surface area (Å²) in [6.45, 7) is 1.04. The molecule has 0 aromatic heterocycles. The van der Waals surface area contributed by atoms with Gasteiger partial charge in [-0.3, -0.25) is 4.79 Å². The lowest BCUT2D eigenvalue weighted by molar-refractivity contribution is 0.218. The minimum Gasteiger partial charge on any atom is -0.351 e. The van der Waals surface area contributed by atoms with Gasteiger partial charge in [-0.2, -0.15) is 0 Å². The Balaban J connectivity index is 2.42. The molecule has 1 fully saturated rings. The van der Waals surface area contributed by atoms with E-state index < -0.39 is 6.03 Å². The van der Waals surface area contributed by atoms with Crippen molar-refractivity contribution >= 4 is 12.3 Å². The molecular formula is C6H9N2O2. The van der Waals surface area contributed by atoms with Gasteiger partial charge in [0.15, 0.2) is 0 Å². The second kappa shape index (κ2) is 2.68. The fourth-order valence-electron chi connectivity index (χ4n) is 1.06. The van der Waals surface area contributed by atoms with Crippen molar-refractivity contribution in [3.05, 3.63) is 0 Å². The van der Waals surface area contributed by atoms with Gasteiger partial charge in [-0.15, -0.1) is 0 Å². The van der Waals surface area contributed by atoms with E-state index in [4.69, 9.17) is 5.73 Å². The van der Waals surface area contributed by atoms with Crippen molar-refractivity contribution in [3.8, 4) is 0 Å². The number of likely N-dealkylation sites (tertiary alicyclic amines) is 1. The molecule has 1 rings (SSSR count). The van der Waals surface area contributed by atoms with E-state index in [2.05, 4.69) is 0 Å². The van der Waals surface area contributed by atoms with Crippen LogP contribution in [0.1, 0.15) is 6.42 Å². The minimum absolute atomic E-state index is 0.118. The van der Waals surface area contributed by atoms with Gasteiger partial charge in [0.1, 0.15) is 0 Å². The van der Waals surface area contributed by atoms with Gasteiger partial charge in [-0.25, -0.2) is 4.79 Å². The average Bonchev–Trinajstić information content (AvgIpc) is 2.34. The van der Waals surface area contributed by atoms with Crippen LogP contribution in [0.15, 0.2) is 0 Å². The number of nitrogens with two attached hydrogens (primary N) is 1. The van der Waals surface area contributed by atoms with Gasteiger partial charge < -0.3 is 10.6 Å². The van der Waals surface area contributed by atoms with Gasteiger partial charge in [-0.1, -0.05) is 0 Å². The summed E-state index contributed by atoms with van der Waals surface area (Å²) in [6.07, 6.45) is 2.55. The number of hydrogen-bond acceptors (Lipinski definition) is 2. The van der Waals surface area contributed by atoms with E-state index in [0.29, 0.717) is 19.5 Å². The molecule has 0 spiro atoms. The van der Waals surface area contributed by atoms with Crippen LogP contribution in [0.2, 0.25) is 0 Å². The number of nitrogens with zero attached hydrogens (tertiary/aromatic N) is 1. The summed E-state index contributed by atoms with van der Waals surface area (Å²) >= 11 is 0. The smallest absolute Gasteiger partial charge is 0.314 e. The SMILES string of the molecule is NC(=O)N1CCC([C]=O)C1. The van der Waals surface area contributed by atoms with E-state index in [1.165, 1.54) is 4.90 Å². The third-order valence-corrected chi connectivity index (χ3v) is 1.67. The van der Waals surface area contributed by atoms with Crippen molar-refractivity contribution in [3.63, 3.8) is 0 Å². The van der Waals surface area contributed by atoms with Crippen molar-refractivity contribution < 1.29 is 9.59 Å². The Hall–Kier alpha value is -1.06. The van der Waals surface area contributed by atoms with E-state index in [9.17, 15) is 9.59 Å². The molecule has 2 amide bonds. The van der Waals surface area contributed by atoms with E-state index in [0.717, 1.165) is 0 Å². The molecule has 0 saturated carbocycles. The minimum atomic E-state index is -0.447. The maximum absolute atomic E-state index is 10.5. The summed E-state index contributed by atoms with van der Waals surface area (Å²) in [5.41, 5.74) is 4.97. The van der Waals surface area contributed by atoms with Crippen LogP contribution >= 0.6 is 0 Å². The molecule has 4 heteroatoms. The third-order valence-electron chi connectivity index (χ3n) is 1.67. The molecule has 0 bridgehead atoms. The Labute approximate surface area is 59.0 Å². The second-order valence-corrected chi connectivity index (χ2v) is 2.39. The monoisotopic (exact) mass is 141 g/mol. The first-order chi connectivity index (χ1) is 4.74. The molecule has 1 radical (unpaired) electrons. The molecule has 1 saturated heterocycles. The Bertz CT molecular complexity index is 158. The summed E-state index contributed by atoms with van der Waals surface area (Å²) in [6, 6.07) is -0.447. The highest BCUT2D eigenvalue weighted by Crippen LogP contribution is 2.12. The van der Waals surface area contributed by atoms with Crippen LogP contribution < -0.4 is 5.73 Å². The van der Waals surface area contributed by atoms with Crippen molar-refractivity contribution in [2.45, 2.75) is 6.42 Å². The molecule has 0 aliphatic carbocycles. The van der Waals surface area contributed by atoms with E-state index >= 15 is 0 Å². The van der Waals surface area contributed by atoms with E-state index in [-0.39, 0.29) is 5.92 Å². The van der Waals surface area contributed by atoms with Crippen LogP contribution in [-0.4, -0.2) is 30.3 Å². The van der Waals surface area contributed by atoms with E-state index in [1.807, 2.05) is 6.29 Å². The van der Waals surface area contributed by atoms with Crippen LogP contribution in [0, 0.1) is 5.92 Å². The van der Waals surface area contributed by atoms with Gasteiger partial charge in [0.2, 0.25) is 6.29 Å². The molecule has 0 aromatic carbocycles. The fraction of sp³-hybridized carbons (Fsp3) is 0.667. The highest BCUT2D eigenvalue weighted by molar-refractivity contribution is 5.73. The normalized spacial score (nSPS) is 24.8. The van der Waals surface area contributed by atoms with Gasteiger partial charge in [-0.05, 0) is 6.42 Å². The van der Waals surface area contributed by atoms with E-state index in [1.54, 1.807) is 0 Å². The lowest BCUT2D eigenvalue weighted by atomic mass is 10.1. The fourth-order valence-corrected chi connectivity index (χ4v) is 1.06.